The summed E-state index contributed by atoms with van der Waals surface area (Å²) in [5.41, 5.74) is 2.63. The fourth-order valence-electron chi connectivity index (χ4n) is 2.35. The van der Waals surface area contributed by atoms with Gasteiger partial charge >= 0.3 is 5.97 Å². The van der Waals surface area contributed by atoms with Crippen molar-refractivity contribution in [2.45, 2.75) is 18.9 Å². The molecule has 1 atom stereocenters. The molecule has 0 saturated heterocycles. The van der Waals surface area contributed by atoms with E-state index in [0.717, 1.165) is 24.9 Å². The Hall–Kier alpha value is -2.64. The molecule has 0 radical (unpaired) electrons. The first-order chi connectivity index (χ1) is 11.2. The van der Waals surface area contributed by atoms with E-state index in [1.54, 1.807) is 24.3 Å². The van der Waals surface area contributed by atoms with Gasteiger partial charge in [-0.15, -0.1) is 0 Å². The van der Waals surface area contributed by atoms with Crippen molar-refractivity contribution in [1.82, 2.24) is 5.32 Å². The van der Waals surface area contributed by atoms with Crippen molar-refractivity contribution in [3.05, 3.63) is 71.3 Å². The van der Waals surface area contributed by atoms with Gasteiger partial charge in [-0.3, -0.25) is 5.32 Å². The van der Waals surface area contributed by atoms with Gasteiger partial charge in [0.05, 0.1) is 18.7 Å². The Bertz CT molecular complexity index is 660. The lowest BCUT2D eigenvalue weighted by Crippen LogP contribution is -2.21. The number of nitriles is 1. The van der Waals surface area contributed by atoms with Crippen LogP contribution in [0.1, 0.15) is 33.9 Å². The Labute approximate surface area is 136 Å². The van der Waals surface area contributed by atoms with Gasteiger partial charge in [0.25, 0.3) is 0 Å². The molecule has 0 bridgehead atoms. The molecule has 118 valence electrons. The second-order valence-electron chi connectivity index (χ2n) is 5.22. The number of nitrogens with one attached hydrogen (secondary N) is 1. The van der Waals surface area contributed by atoms with Gasteiger partial charge in [-0.05, 0) is 42.6 Å². The third-order valence-corrected chi connectivity index (χ3v) is 3.63. The van der Waals surface area contributed by atoms with Gasteiger partial charge in [-0.25, -0.2) is 4.79 Å². The number of aryl methyl sites for hydroxylation is 1. The van der Waals surface area contributed by atoms with Crippen molar-refractivity contribution >= 4 is 5.97 Å². The zero-order valence-electron chi connectivity index (χ0n) is 13.2. The molecule has 0 amide bonds. The maximum atomic E-state index is 11.4. The van der Waals surface area contributed by atoms with Gasteiger partial charge < -0.3 is 4.74 Å². The quantitative estimate of drug-likeness (QED) is 0.630. The topological polar surface area (TPSA) is 62.1 Å². The first-order valence-electron chi connectivity index (χ1n) is 7.60. The summed E-state index contributed by atoms with van der Waals surface area (Å²) in [6, 6.07) is 19.1. The fourth-order valence-corrected chi connectivity index (χ4v) is 2.35. The van der Waals surface area contributed by atoms with E-state index in [0.29, 0.717) is 5.56 Å². The molecule has 4 heteroatoms. The lowest BCUT2D eigenvalue weighted by molar-refractivity contribution is 0.0600. The van der Waals surface area contributed by atoms with Crippen LogP contribution in [0.15, 0.2) is 54.6 Å². The third-order valence-electron chi connectivity index (χ3n) is 3.63. The Kier molecular flexibility index (Phi) is 6.34. The Morgan fingerprint density at radius 1 is 1.17 bits per heavy atom. The maximum absolute atomic E-state index is 11.4. The van der Waals surface area contributed by atoms with Crippen molar-refractivity contribution in [2.75, 3.05) is 13.7 Å². The van der Waals surface area contributed by atoms with E-state index < -0.39 is 0 Å². The molecule has 0 saturated carbocycles. The Balaban J connectivity index is 1.85. The maximum Gasteiger partial charge on any atom is 0.337 e. The summed E-state index contributed by atoms with van der Waals surface area (Å²) in [6.07, 6.45) is 1.94. The molecule has 0 spiro atoms. The molecule has 4 nitrogen and oxygen atoms in total. The lowest BCUT2D eigenvalue weighted by atomic mass is 10.1. The number of ether oxygens (including phenoxy) is 1. The van der Waals surface area contributed by atoms with Gasteiger partial charge in [0.15, 0.2) is 0 Å². The number of carbonyl (C=O) groups is 1. The minimum Gasteiger partial charge on any atom is -0.465 e. The summed E-state index contributed by atoms with van der Waals surface area (Å²) in [7, 11) is 1.35. The van der Waals surface area contributed by atoms with Gasteiger partial charge in [-0.2, -0.15) is 5.26 Å². The van der Waals surface area contributed by atoms with Crippen LogP contribution in [-0.4, -0.2) is 19.6 Å². The van der Waals surface area contributed by atoms with E-state index in [1.807, 2.05) is 18.2 Å². The van der Waals surface area contributed by atoms with Crippen LogP contribution in [0.5, 0.6) is 0 Å². The van der Waals surface area contributed by atoms with Crippen LogP contribution in [-0.2, 0) is 11.2 Å². The predicted molar refractivity (Wildman–Crippen MR) is 88.9 cm³/mol. The smallest absolute Gasteiger partial charge is 0.337 e. The summed E-state index contributed by atoms with van der Waals surface area (Å²) in [5.74, 6) is -0.374. The number of rotatable bonds is 7. The molecule has 0 aliphatic heterocycles. The summed E-state index contributed by atoms with van der Waals surface area (Å²) in [4.78, 5) is 11.4. The number of esters is 1. The molecule has 1 unspecified atom stereocenters. The van der Waals surface area contributed by atoms with Crippen molar-refractivity contribution in [3.8, 4) is 6.07 Å². The largest absolute Gasteiger partial charge is 0.465 e. The Morgan fingerprint density at radius 2 is 1.87 bits per heavy atom. The molecule has 2 aromatic rings. The molecular weight excluding hydrogens is 288 g/mol. The van der Waals surface area contributed by atoms with Gasteiger partial charge in [0.2, 0.25) is 0 Å². The van der Waals surface area contributed by atoms with E-state index in [2.05, 4.69) is 28.3 Å². The molecular formula is C19H20N2O2. The minimum atomic E-state index is -0.377. The monoisotopic (exact) mass is 308 g/mol. The number of hydrogen-bond acceptors (Lipinski definition) is 4. The summed E-state index contributed by atoms with van der Waals surface area (Å²) < 4.78 is 4.66. The fraction of sp³-hybridized carbons (Fsp3) is 0.263. The van der Waals surface area contributed by atoms with Crippen LogP contribution < -0.4 is 5.32 Å². The predicted octanol–water partition coefficient (Wildman–Crippen LogP) is 3.26. The zero-order chi connectivity index (χ0) is 16.5. The van der Waals surface area contributed by atoms with Gasteiger partial charge in [0.1, 0.15) is 6.04 Å². The minimum absolute atomic E-state index is 0.374. The van der Waals surface area contributed by atoms with E-state index in [4.69, 9.17) is 0 Å². The molecule has 0 heterocycles. The first kappa shape index (κ1) is 16.7. The molecule has 0 aliphatic carbocycles. The highest BCUT2D eigenvalue weighted by Gasteiger charge is 2.11. The summed E-state index contributed by atoms with van der Waals surface area (Å²) in [5, 5.41) is 12.6. The molecule has 23 heavy (non-hydrogen) atoms. The van der Waals surface area contributed by atoms with Crippen LogP contribution >= 0.6 is 0 Å². The van der Waals surface area contributed by atoms with E-state index in [-0.39, 0.29) is 12.0 Å². The average Bonchev–Trinajstić information content (AvgIpc) is 2.62. The Morgan fingerprint density at radius 3 is 2.48 bits per heavy atom. The molecule has 2 aromatic carbocycles. The van der Waals surface area contributed by atoms with Crippen LogP contribution in [0, 0.1) is 11.3 Å². The summed E-state index contributed by atoms with van der Waals surface area (Å²) in [6.45, 7) is 0.756. The molecule has 0 aliphatic rings. The van der Waals surface area contributed by atoms with Gasteiger partial charge in [0, 0.05) is 0 Å². The first-order valence-corrected chi connectivity index (χ1v) is 7.60. The zero-order valence-corrected chi connectivity index (χ0v) is 13.2. The SMILES string of the molecule is COC(=O)c1ccc(C(C#N)NCCCc2ccccc2)cc1. The van der Waals surface area contributed by atoms with Crippen molar-refractivity contribution in [1.29, 1.82) is 5.26 Å². The normalized spacial score (nSPS) is 11.5. The van der Waals surface area contributed by atoms with Crippen LogP contribution in [0.3, 0.4) is 0 Å². The standard InChI is InChI=1S/C19H20N2O2/c1-23-19(22)17-11-9-16(10-12-17)18(14-20)21-13-5-8-15-6-3-2-4-7-15/h2-4,6-7,9-12,18,21H,5,8,13H2,1H3. The highest BCUT2D eigenvalue weighted by atomic mass is 16.5. The molecule has 0 fully saturated rings. The van der Waals surface area contributed by atoms with Crippen molar-refractivity contribution < 1.29 is 9.53 Å². The summed E-state index contributed by atoms with van der Waals surface area (Å²) >= 11 is 0. The second-order valence-corrected chi connectivity index (χ2v) is 5.22. The number of nitrogens with zero attached hydrogens (tertiary/aromatic N) is 1. The van der Waals surface area contributed by atoms with Gasteiger partial charge in [-0.1, -0.05) is 42.5 Å². The van der Waals surface area contributed by atoms with Crippen LogP contribution in [0.25, 0.3) is 0 Å². The molecule has 0 aromatic heterocycles. The van der Waals surface area contributed by atoms with Crippen molar-refractivity contribution in [3.63, 3.8) is 0 Å². The average molecular weight is 308 g/mol. The third kappa shape index (κ3) is 4.94. The van der Waals surface area contributed by atoms with E-state index in [1.165, 1.54) is 12.7 Å². The second kappa shape index (κ2) is 8.72. The molecule has 1 N–H and O–H groups in total. The number of benzene rings is 2. The molecule has 2 rings (SSSR count). The highest BCUT2D eigenvalue weighted by Crippen LogP contribution is 2.14. The van der Waals surface area contributed by atoms with Crippen LogP contribution in [0.4, 0.5) is 0 Å². The van der Waals surface area contributed by atoms with E-state index in [9.17, 15) is 10.1 Å². The number of hydrogen-bond donors (Lipinski definition) is 1. The number of methoxy groups -OCH3 is 1. The van der Waals surface area contributed by atoms with Crippen LogP contribution in [0.2, 0.25) is 0 Å². The lowest BCUT2D eigenvalue weighted by Gasteiger charge is -2.12. The van der Waals surface area contributed by atoms with E-state index >= 15 is 0 Å². The number of carbonyl (C=O) groups excluding carboxylic acids is 1. The van der Waals surface area contributed by atoms with Crippen molar-refractivity contribution in [2.24, 2.45) is 0 Å². The highest BCUT2D eigenvalue weighted by molar-refractivity contribution is 5.89.